The second-order valence-corrected chi connectivity index (χ2v) is 4.94. The Morgan fingerprint density at radius 2 is 1.95 bits per heavy atom. The van der Waals surface area contributed by atoms with E-state index in [1.807, 2.05) is 0 Å². The lowest BCUT2D eigenvalue weighted by atomic mass is 10.2. The summed E-state index contributed by atoms with van der Waals surface area (Å²) in [5.41, 5.74) is 1.98. The molecule has 1 aliphatic carbocycles. The minimum absolute atomic E-state index is 0.191. The molecule has 5 nitrogen and oxygen atoms in total. The van der Waals surface area contributed by atoms with Gasteiger partial charge in [0, 0.05) is 5.92 Å². The fourth-order valence-electron chi connectivity index (χ4n) is 1.93. The summed E-state index contributed by atoms with van der Waals surface area (Å²) in [7, 11) is 0. The number of nitrogens with one attached hydrogen (secondary N) is 1. The fourth-order valence-corrected chi connectivity index (χ4v) is 1.93. The molecule has 0 aliphatic heterocycles. The Morgan fingerprint density at radius 3 is 2.55 bits per heavy atom. The van der Waals surface area contributed by atoms with Crippen molar-refractivity contribution in [3.8, 4) is 0 Å². The summed E-state index contributed by atoms with van der Waals surface area (Å²) in [4.78, 5) is 16.7. The van der Waals surface area contributed by atoms with E-state index in [1.54, 1.807) is 0 Å². The number of aromatic nitrogens is 1. The maximum Gasteiger partial charge on any atom is 0.416 e. The van der Waals surface area contributed by atoms with E-state index in [9.17, 15) is 18.0 Å². The van der Waals surface area contributed by atoms with E-state index in [2.05, 4.69) is 10.6 Å². The van der Waals surface area contributed by atoms with Gasteiger partial charge in [-0.25, -0.2) is 10.3 Å². The number of hydrogen-bond acceptors (Lipinski definition) is 5. The first-order valence-corrected chi connectivity index (χ1v) is 6.54. The predicted molar refractivity (Wildman–Crippen MR) is 69.0 cm³/mol. The van der Waals surface area contributed by atoms with Gasteiger partial charge in [0.2, 0.25) is 0 Å². The van der Waals surface area contributed by atoms with Gasteiger partial charge in [0.25, 0.3) is 0 Å². The Bertz CT molecular complexity index is 675. The number of hydrogen-bond donors (Lipinski definition) is 1. The van der Waals surface area contributed by atoms with Gasteiger partial charge in [-0.2, -0.15) is 13.2 Å². The van der Waals surface area contributed by atoms with Crippen molar-refractivity contribution in [3.05, 3.63) is 47.3 Å². The molecule has 8 heteroatoms. The smallest absolute Gasteiger partial charge is 0.360 e. The molecule has 0 radical (unpaired) electrons. The van der Waals surface area contributed by atoms with E-state index < -0.39 is 17.7 Å². The average molecular weight is 312 g/mol. The molecule has 1 N–H and O–H groups in total. The van der Waals surface area contributed by atoms with E-state index in [0.29, 0.717) is 5.76 Å². The summed E-state index contributed by atoms with van der Waals surface area (Å²) in [5, 5.41) is 3.57. The molecular formula is C14H11F3N2O3. The Balaban J connectivity index is 1.62. The second kappa shape index (κ2) is 5.36. The van der Waals surface area contributed by atoms with Gasteiger partial charge in [0.15, 0.2) is 5.76 Å². The fraction of sp³-hybridized carbons (Fsp3) is 0.286. The number of nitrogens with zero attached hydrogens (tertiary/aromatic N) is 1. The van der Waals surface area contributed by atoms with Crippen molar-refractivity contribution in [1.29, 1.82) is 0 Å². The van der Waals surface area contributed by atoms with Crippen LogP contribution >= 0.6 is 0 Å². The van der Waals surface area contributed by atoms with Gasteiger partial charge in [-0.1, -0.05) is 5.16 Å². The number of alkyl halides is 3. The van der Waals surface area contributed by atoms with E-state index >= 15 is 0 Å². The molecule has 1 aromatic carbocycles. The SMILES string of the molecule is O=C(ONc1ccc(C(F)(F)F)cc1)c1cnoc1C1CC1. The molecule has 3 rings (SSSR count). The molecule has 0 saturated heterocycles. The summed E-state index contributed by atoms with van der Waals surface area (Å²) < 4.78 is 42.3. The third-order valence-corrected chi connectivity index (χ3v) is 3.24. The summed E-state index contributed by atoms with van der Waals surface area (Å²) in [5.74, 6) is -0.0154. The molecule has 0 amide bonds. The monoisotopic (exact) mass is 312 g/mol. The van der Waals surface area contributed by atoms with Crippen molar-refractivity contribution in [2.75, 3.05) is 5.48 Å². The minimum atomic E-state index is -4.41. The lowest BCUT2D eigenvalue weighted by molar-refractivity contribution is -0.137. The first-order chi connectivity index (χ1) is 10.4. The van der Waals surface area contributed by atoms with Crippen LogP contribution in [0.3, 0.4) is 0 Å². The van der Waals surface area contributed by atoms with Gasteiger partial charge in [0.05, 0.1) is 17.4 Å². The molecule has 1 aromatic heterocycles. The van der Waals surface area contributed by atoms with E-state index in [0.717, 1.165) is 25.0 Å². The third-order valence-electron chi connectivity index (χ3n) is 3.24. The van der Waals surface area contributed by atoms with Gasteiger partial charge in [-0.3, -0.25) is 0 Å². The highest BCUT2D eigenvalue weighted by Gasteiger charge is 2.33. The Hall–Kier alpha value is -2.51. The molecule has 0 unspecified atom stereocenters. The van der Waals surface area contributed by atoms with Crippen LogP contribution in [-0.4, -0.2) is 11.1 Å². The lowest BCUT2D eigenvalue weighted by Gasteiger charge is -2.09. The Labute approximate surface area is 123 Å². The molecule has 0 atom stereocenters. The van der Waals surface area contributed by atoms with Crippen LogP contribution < -0.4 is 5.48 Å². The van der Waals surface area contributed by atoms with Crippen LogP contribution in [0, 0.1) is 0 Å². The molecule has 0 spiro atoms. The zero-order chi connectivity index (χ0) is 15.7. The van der Waals surface area contributed by atoms with E-state index in [4.69, 9.17) is 9.36 Å². The largest absolute Gasteiger partial charge is 0.416 e. The van der Waals surface area contributed by atoms with Crippen molar-refractivity contribution in [3.63, 3.8) is 0 Å². The van der Waals surface area contributed by atoms with Gasteiger partial charge >= 0.3 is 12.1 Å². The molecular weight excluding hydrogens is 301 g/mol. The highest BCUT2D eigenvalue weighted by molar-refractivity contribution is 5.90. The van der Waals surface area contributed by atoms with Crippen LogP contribution in [0.4, 0.5) is 18.9 Å². The quantitative estimate of drug-likeness (QED) is 0.871. The van der Waals surface area contributed by atoms with Gasteiger partial charge in [-0.05, 0) is 37.1 Å². The maximum absolute atomic E-state index is 12.4. The topological polar surface area (TPSA) is 64.4 Å². The molecule has 1 fully saturated rings. The Kier molecular flexibility index (Phi) is 3.51. The summed E-state index contributed by atoms with van der Waals surface area (Å²) in [6.45, 7) is 0. The first kappa shape index (κ1) is 14.4. The summed E-state index contributed by atoms with van der Waals surface area (Å²) in [6.07, 6.45) is -1.27. The first-order valence-electron chi connectivity index (χ1n) is 6.54. The standard InChI is InChI=1S/C14H11F3N2O3/c15-14(16,17)9-3-5-10(6-4-9)19-22-13(20)11-7-18-21-12(11)8-1-2-8/h3-8,19H,1-2H2. The number of benzene rings is 1. The number of carbonyl (C=O) groups excluding carboxylic acids is 1. The van der Waals surface area contributed by atoms with Crippen molar-refractivity contribution in [1.82, 2.24) is 5.16 Å². The lowest BCUT2D eigenvalue weighted by Crippen LogP contribution is -2.12. The molecule has 1 aliphatic rings. The highest BCUT2D eigenvalue weighted by Crippen LogP contribution is 2.41. The molecule has 116 valence electrons. The van der Waals surface area contributed by atoms with Crippen molar-refractivity contribution < 1.29 is 27.3 Å². The molecule has 2 aromatic rings. The van der Waals surface area contributed by atoms with Gasteiger partial charge in [0.1, 0.15) is 5.56 Å². The van der Waals surface area contributed by atoms with E-state index in [-0.39, 0.29) is 17.2 Å². The molecule has 1 heterocycles. The molecule has 22 heavy (non-hydrogen) atoms. The van der Waals surface area contributed by atoms with Crippen molar-refractivity contribution in [2.45, 2.75) is 24.9 Å². The van der Waals surface area contributed by atoms with Gasteiger partial charge in [-0.15, -0.1) is 0 Å². The number of anilines is 1. The Morgan fingerprint density at radius 1 is 1.27 bits per heavy atom. The maximum atomic E-state index is 12.4. The van der Waals surface area contributed by atoms with Crippen LogP contribution in [0.5, 0.6) is 0 Å². The highest BCUT2D eigenvalue weighted by atomic mass is 19.4. The average Bonchev–Trinajstić information content (AvgIpc) is 3.21. The summed E-state index contributed by atoms with van der Waals surface area (Å²) in [6, 6.07) is 4.13. The zero-order valence-electron chi connectivity index (χ0n) is 11.2. The van der Waals surface area contributed by atoms with Crippen molar-refractivity contribution in [2.24, 2.45) is 0 Å². The zero-order valence-corrected chi connectivity index (χ0v) is 11.2. The molecule has 1 saturated carbocycles. The third kappa shape index (κ3) is 3.05. The number of carbonyl (C=O) groups is 1. The van der Waals surface area contributed by atoms with Crippen molar-refractivity contribution >= 4 is 11.7 Å². The van der Waals surface area contributed by atoms with Crippen LogP contribution in [0.2, 0.25) is 0 Å². The van der Waals surface area contributed by atoms with E-state index in [1.165, 1.54) is 18.3 Å². The van der Waals surface area contributed by atoms with Crippen LogP contribution in [0.25, 0.3) is 0 Å². The minimum Gasteiger partial charge on any atom is -0.360 e. The normalized spacial score (nSPS) is 14.7. The van der Waals surface area contributed by atoms with Crippen LogP contribution in [0.1, 0.15) is 40.4 Å². The molecule has 0 bridgehead atoms. The predicted octanol–water partition coefficient (Wildman–Crippen LogP) is 3.75. The second-order valence-electron chi connectivity index (χ2n) is 4.94. The van der Waals surface area contributed by atoms with Crippen LogP contribution in [-0.2, 0) is 11.0 Å². The van der Waals surface area contributed by atoms with Gasteiger partial charge < -0.3 is 9.36 Å². The number of rotatable bonds is 4. The van der Waals surface area contributed by atoms with Crippen LogP contribution in [0.15, 0.2) is 35.0 Å². The number of halogens is 3. The summed E-state index contributed by atoms with van der Waals surface area (Å²) >= 11 is 0.